The SMILES string of the molecule is Cc1nc(C(=O)N2CCC(O)(COc3ccccc3)C2)cc(=O)[nH]1. The van der Waals surface area contributed by atoms with Gasteiger partial charge in [0.15, 0.2) is 0 Å². The first kappa shape index (κ1) is 16.2. The Morgan fingerprint density at radius 3 is 2.88 bits per heavy atom. The van der Waals surface area contributed by atoms with E-state index in [1.54, 1.807) is 6.92 Å². The van der Waals surface area contributed by atoms with Crippen LogP contribution >= 0.6 is 0 Å². The lowest BCUT2D eigenvalue weighted by molar-refractivity contribution is 0.00425. The summed E-state index contributed by atoms with van der Waals surface area (Å²) in [5, 5.41) is 10.6. The molecule has 0 aliphatic carbocycles. The van der Waals surface area contributed by atoms with Crippen LogP contribution in [-0.4, -0.2) is 51.2 Å². The number of β-amino-alcohol motifs (C(OH)–C–C–N with tert-alkyl or cyclic N) is 1. The number of hydrogen-bond acceptors (Lipinski definition) is 5. The molecule has 24 heavy (non-hydrogen) atoms. The predicted octanol–water partition coefficient (Wildman–Crippen LogP) is 0.734. The van der Waals surface area contributed by atoms with Gasteiger partial charge >= 0.3 is 0 Å². The van der Waals surface area contributed by atoms with E-state index in [4.69, 9.17) is 4.74 Å². The largest absolute Gasteiger partial charge is 0.491 e. The molecule has 1 aromatic heterocycles. The van der Waals surface area contributed by atoms with E-state index in [2.05, 4.69) is 9.97 Å². The number of aryl methyl sites for hydroxylation is 1. The van der Waals surface area contributed by atoms with E-state index in [1.807, 2.05) is 30.3 Å². The molecule has 1 amide bonds. The number of aromatic nitrogens is 2. The summed E-state index contributed by atoms with van der Waals surface area (Å²) in [5.41, 5.74) is -1.39. The minimum Gasteiger partial charge on any atom is -0.491 e. The summed E-state index contributed by atoms with van der Waals surface area (Å²) in [6, 6.07) is 10.4. The molecule has 1 unspecified atom stereocenters. The minimum absolute atomic E-state index is 0.0875. The predicted molar refractivity (Wildman–Crippen MR) is 87.0 cm³/mol. The zero-order valence-electron chi connectivity index (χ0n) is 13.4. The van der Waals surface area contributed by atoms with Gasteiger partial charge in [0.2, 0.25) is 0 Å². The van der Waals surface area contributed by atoms with E-state index in [0.717, 1.165) is 0 Å². The van der Waals surface area contributed by atoms with Crippen LogP contribution in [0.1, 0.15) is 22.7 Å². The smallest absolute Gasteiger partial charge is 0.272 e. The Morgan fingerprint density at radius 2 is 2.17 bits per heavy atom. The van der Waals surface area contributed by atoms with Crippen LogP contribution in [0, 0.1) is 6.92 Å². The van der Waals surface area contributed by atoms with Crippen molar-refractivity contribution >= 4 is 5.91 Å². The first-order valence-electron chi connectivity index (χ1n) is 7.73. The first-order chi connectivity index (χ1) is 11.5. The number of carbonyl (C=O) groups is 1. The quantitative estimate of drug-likeness (QED) is 0.862. The van der Waals surface area contributed by atoms with Crippen molar-refractivity contribution in [2.45, 2.75) is 18.9 Å². The highest BCUT2D eigenvalue weighted by Gasteiger charge is 2.39. The lowest BCUT2D eigenvalue weighted by atomic mass is 10.1. The molecule has 0 radical (unpaired) electrons. The molecule has 126 valence electrons. The maximum atomic E-state index is 12.5. The van der Waals surface area contributed by atoms with Gasteiger partial charge in [0.1, 0.15) is 29.5 Å². The van der Waals surface area contributed by atoms with Crippen molar-refractivity contribution in [3.05, 3.63) is 58.3 Å². The highest BCUT2D eigenvalue weighted by Crippen LogP contribution is 2.24. The Balaban J connectivity index is 1.65. The molecule has 1 fully saturated rings. The van der Waals surface area contributed by atoms with Crippen molar-refractivity contribution in [2.75, 3.05) is 19.7 Å². The third-order valence-electron chi connectivity index (χ3n) is 3.95. The van der Waals surface area contributed by atoms with Gasteiger partial charge in [-0.1, -0.05) is 18.2 Å². The molecule has 1 aliphatic heterocycles. The first-order valence-corrected chi connectivity index (χ1v) is 7.73. The topological polar surface area (TPSA) is 95.5 Å². The van der Waals surface area contributed by atoms with Crippen LogP contribution in [0.4, 0.5) is 0 Å². The number of nitrogens with zero attached hydrogens (tertiary/aromatic N) is 2. The van der Waals surface area contributed by atoms with E-state index < -0.39 is 5.60 Å². The Morgan fingerprint density at radius 1 is 1.42 bits per heavy atom. The van der Waals surface area contributed by atoms with Crippen LogP contribution in [0.25, 0.3) is 0 Å². The summed E-state index contributed by atoms with van der Waals surface area (Å²) < 4.78 is 5.61. The molecule has 0 spiro atoms. The van der Waals surface area contributed by atoms with Gasteiger partial charge in [-0.15, -0.1) is 0 Å². The van der Waals surface area contributed by atoms with Crippen molar-refractivity contribution in [1.29, 1.82) is 0 Å². The fraction of sp³-hybridized carbons (Fsp3) is 0.353. The number of para-hydroxylation sites is 1. The molecule has 2 aromatic rings. The molecule has 2 N–H and O–H groups in total. The van der Waals surface area contributed by atoms with Crippen molar-refractivity contribution < 1.29 is 14.6 Å². The number of nitrogens with one attached hydrogen (secondary N) is 1. The molecule has 2 heterocycles. The summed E-state index contributed by atoms with van der Waals surface area (Å²) in [4.78, 5) is 32.0. The average molecular weight is 329 g/mol. The zero-order chi connectivity index (χ0) is 17.2. The Kier molecular flexibility index (Phi) is 4.35. The van der Waals surface area contributed by atoms with Gasteiger partial charge in [0.25, 0.3) is 11.5 Å². The summed E-state index contributed by atoms with van der Waals surface area (Å²) >= 11 is 0. The van der Waals surface area contributed by atoms with Crippen LogP contribution in [-0.2, 0) is 0 Å². The number of amides is 1. The Labute approximate surface area is 138 Å². The van der Waals surface area contributed by atoms with Gasteiger partial charge in [-0.2, -0.15) is 0 Å². The molecule has 7 nitrogen and oxygen atoms in total. The van der Waals surface area contributed by atoms with Gasteiger partial charge in [-0.05, 0) is 25.5 Å². The standard InChI is InChI=1S/C17H19N3O4/c1-12-18-14(9-15(21)19-12)16(22)20-8-7-17(23,10-20)11-24-13-5-3-2-4-6-13/h2-6,9,23H,7-8,10-11H2,1H3,(H,18,19,21). The van der Waals surface area contributed by atoms with Crippen molar-refractivity contribution in [3.8, 4) is 5.75 Å². The van der Waals surface area contributed by atoms with E-state index in [9.17, 15) is 14.7 Å². The van der Waals surface area contributed by atoms with Gasteiger partial charge in [0, 0.05) is 12.6 Å². The van der Waals surface area contributed by atoms with Crippen LogP contribution in [0.2, 0.25) is 0 Å². The average Bonchev–Trinajstić information content (AvgIpc) is 2.95. The molecular weight excluding hydrogens is 310 g/mol. The Hall–Kier alpha value is -2.67. The number of H-pyrrole nitrogens is 1. The summed E-state index contributed by atoms with van der Waals surface area (Å²) in [6.07, 6.45) is 0.410. The molecule has 1 saturated heterocycles. The number of likely N-dealkylation sites (tertiary alicyclic amines) is 1. The number of ether oxygens (including phenoxy) is 1. The number of hydrogen-bond donors (Lipinski definition) is 2. The molecule has 1 atom stereocenters. The third kappa shape index (κ3) is 3.62. The fourth-order valence-corrected chi connectivity index (χ4v) is 2.73. The number of carbonyl (C=O) groups excluding carboxylic acids is 1. The van der Waals surface area contributed by atoms with Crippen LogP contribution in [0.15, 0.2) is 41.2 Å². The van der Waals surface area contributed by atoms with Gasteiger partial charge in [-0.25, -0.2) is 4.98 Å². The molecular formula is C17H19N3O4. The molecule has 1 aliphatic rings. The molecule has 0 saturated carbocycles. The van der Waals surface area contributed by atoms with Crippen molar-refractivity contribution in [2.24, 2.45) is 0 Å². The van der Waals surface area contributed by atoms with Gasteiger partial charge < -0.3 is 19.7 Å². The highest BCUT2D eigenvalue weighted by molar-refractivity contribution is 5.92. The van der Waals surface area contributed by atoms with Crippen LogP contribution in [0.3, 0.4) is 0 Å². The lowest BCUT2D eigenvalue weighted by Crippen LogP contribution is -2.41. The van der Waals surface area contributed by atoms with Crippen molar-refractivity contribution in [1.82, 2.24) is 14.9 Å². The second-order valence-electron chi connectivity index (χ2n) is 6.02. The summed E-state index contributed by atoms with van der Waals surface area (Å²) in [5.74, 6) is 0.690. The molecule has 1 aromatic carbocycles. The maximum Gasteiger partial charge on any atom is 0.272 e. The van der Waals surface area contributed by atoms with Gasteiger partial charge in [-0.3, -0.25) is 9.59 Å². The second-order valence-corrected chi connectivity index (χ2v) is 6.02. The summed E-state index contributed by atoms with van der Waals surface area (Å²) in [6.45, 7) is 2.25. The number of rotatable bonds is 4. The van der Waals surface area contributed by atoms with E-state index in [1.165, 1.54) is 11.0 Å². The van der Waals surface area contributed by atoms with E-state index >= 15 is 0 Å². The normalized spacial score (nSPS) is 20.2. The van der Waals surface area contributed by atoms with E-state index in [-0.39, 0.29) is 30.3 Å². The Bertz CT molecular complexity index is 790. The number of aromatic amines is 1. The second kappa shape index (κ2) is 6.45. The monoisotopic (exact) mass is 329 g/mol. The highest BCUT2D eigenvalue weighted by atomic mass is 16.5. The zero-order valence-corrected chi connectivity index (χ0v) is 13.4. The van der Waals surface area contributed by atoms with Crippen molar-refractivity contribution in [3.63, 3.8) is 0 Å². The molecule has 7 heteroatoms. The van der Waals surface area contributed by atoms with Crippen LogP contribution in [0.5, 0.6) is 5.75 Å². The summed E-state index contributed by atoms with van der Waals surface area (Å²) in [7, 11) is 0. The molecule has 3 rings (SSSR count). The maximum absolute atomic E-state index is 12.5. The minimum atomic E-state index is -1.11. The van der Waals surface area contributed by atoms with Crippen LogP contribution < -0.4 is 10.3 Å². The fourth-order valence-electron chi connectivity index (χ4n) is 2.73. The van der Waals surface area contributed by atoms with Gasteiger partial charge in [0.05, 0.1) is 6.54 Å². The number of aliphatic hydroxyl groups is 1. The lowest BCUT2D eigenvalue weighted by Gasteiger charge is -2.23. The molecule has 0 bridgehead atoms. The third-order valence-corrected chi connectivity index (χ3v) is 3.95. The van der Waals surface area contributed by atoms with E-state index in [0.29, 0.717) is 24.5 Å². The number of benzene rings is 1.